The Morgan fingerprint density at radius 1 is 1.06 bits per heavy atom. The maximum absolute atomic E-state index is 12.6. The van der Waals surface area contributed by atoms with Gasteiger partial charge in [-0.1, -0.05) is 37.3 Å². The highest BCUT2D eigenvalue weighted by Crippen LogP contribution is 2.31. The fourth-order valence-corrected chi connectivity index (χ4v) is 4.54. The van der Waals surface area contributed by atoms with Gasteiger partial charge in [0.2, 0.25) is 0 Å². The highest BCUT2D eigenvalue weighted by atomic mass is 16.5. The van der Waals surface area contributed by atoms with Gasteiger partial charge in [-0.15, -0.1) is 0 Å². The summed E-state index contributed by atoms with van der Waals surface area (Å²) in [4.78, 5) is 29.8. The molecule has 4 rings (SSSR count). The van der Waals surface area contributed by atoms with E-state index in [-0.39, 0.29) is 6.04 Å². The summed E-state index contributed by atoms with van der Waals surface area (Å²) >= 11 is 0. The van der Waals surface area contributed by atoms with Crippen LogP contribution >= 0.6 is 0 Å². The predicted octanol–water partition coefficient (Wildman–Crippen LogP) is 2.37. The van der Waals surface area contributed by atoms with E-state index in [0.717, 1.165) is 43.6 Å². The van der Waals surface area contributed by atoms with Crippen molar-refractivity contribution >= 4 is 23.2 Å². The summed E-state index contributed by atoms with van der Waals surface area (Å²) in [5, 5.41) is 5.62. The van der Waals surface area contributed by atoms with Gasteiger partial charge in [-0.25, -0.2) is 0 Å². The molecule has 0 bridgehead atoms. The number of benzene rings is 2. The second-order valence-electron chi connectivity index (χ2n) is 8.40. The number of rotatable bonds is 6. The molecular formula is C25H32N4O3. The van der Waals surface area contributed by atoms with Crippen molar-refractivity contribution in [2.45, 2.75) is 25.8 Å². The van der Waals surface area contributed by atoms with Crippen LogP contribution in [-0.4, -0.2) is 63.2 Å². The number of ether oxygens (including phenoxy) is 1. The zero-order chi connectivity index (χ0) is 22.5. The first-order chi connectivity index (χ1) is 15.6. The summed E-state index contributed by atoms with van der Waals surface area (Å²) in [6.45, 7) is 6.36. The third-order valence-corrected chi connectivity index (χ3v) is 6.41. The van der Waals surface area contributed by atoms with Crippen LogP contribution in [0.1, 0.15) is 29.7 Å². The monoisotopic (exact) mass is 436 g/mol. The highest BCUT2D eigenvalue weighted by Gasteiger charge is 2.26. The van der Waals surface area contributed by atoms with E-state index in [2.05, 4.69) is 45.7 Å². The van der Waals surface area contributed by atoms with Crippen LogP contribution < -0.4 is 15.5 Å². The highest BCUT2D eigenvalue weighted by molar-refractivity contribution is 6.39. The summed E-state index contributed by atoms with van der Waals surface area (Å²) < 4.78 is 5.53. The van der Waals surface area contributed by atoms with E-state index in [1.165, 1.54) is 11.3 Å². The zero-order valence-electron chi connectivity index (χ0n) is 18.9. The van der Waals surface area contributed by atoms with Gasteiger partial charge in [0.1, 0.15) is 0 Å². The first-order valence-corrected chi connectivity index (χ1v) is 11.4. The molecule has 1 saturated heterocycles. The van der Waals surface area contributed by atoms with Crippen LogP contribution in [0, 0.1) is 0 Å². The van der Waals surface area contributed by atoms with Crippen molar-refractivity contribution < 1.29 is 14.3 Å². The molecule has 2 aliphatic heterocycles. The number of nitrogens with zero attached hydrogens (tertiary/aromatic N) is 2. The summed E-state index contributed by atoms with van der Waals surface area (Å²) in [5.41, 5.74) is 5.46. The van der Waals surface area contributed by atoms with Crippen LogP contribution in [0.3, 0.4) is 0 Å². The summed E-state index contributed by atoms with van der Waals surface area (Å²) in [7, 11) is 2.11. The van der Waals surface area contributed by atoms with Gasteiger partial charge < -0.3 is 20.3 Å². The average molecular weight is 437 g/mol. The molecule has 7 nitrogen and oxygen atoms in total. The van der Waals surface area contributed by atoms with E-state index in [1.807, 2.05) is 31.2 Å². The van der Waals surface area contributed by atoms with E-state index in [4.69, 9.17) is 4.74 Å². The molecule has 1 fully saturated rings. The molecule has 2 aliphatic rings. The van der Waals surface area contributed by atoms with Crippen molar-refractivity contribution in [3.8, 4) is 0 Å². The Kier molecular flexibility index (Phi) is 7.07. The lowest BCUT2D eigenvalue weighted by Crippen LogP contribution is -2.45. The normalized spacial score (nSPS) is 17.0. The minimum absolute atomic E-state index is 0.00483. The SMILES string of the molecule is CCc1ccccc1NC(=O)C(=O)NC[C@H](c1ccc2c(c1)CCN2C)N1CCOCC1. The summed E-state index contributed by atoms with van der Waals surface area (Å²) in [6.07, 6.45) is 1.81. The third-order valence-electron chi connectivity index (χ3n) is 6.41. The molecule has 32 heavy (non-hydrogen) atoms. The molecule has 7 heteroatoms. The first kappa shape index (κ1) is 22.3. The molecule has 2 aromatic carbocycles. The molecule has 2 N–H and O–H groups in total. The Bertz CT molecular complexity index is 971. The lowest BCUT2D eigenvalue weighted by molar-refractivity contribution is -0.136. The molecule has 0 aromatic heterocycles. The first-order valence-electron chi connectivity index (χ1n) is 11.4. The second-order valence-corrected chi connectivity index (χ2v) is 8.40. The van der Waals surface area contributed by atoms with Gasteiger partial charge in [-0.3, -0.25) is 14.5 Å². The van der Waals surface area contributed by atoms with E-state index >= 15 is 0 Å². The summed E-state index contributed by atoms with van der Waals surface area (Å²) in [5.74, 6) is -1.25. The number of hydrogen-bond acceptors (Lipinski definition) is 5. The number of carbonyl (C=O) groups is 2. The number of nitrogens with one attached hydrogen (secondary N) is 2. The van der Waals surface area contributed by atoms with Gasteiger partial charge in [0.15, 0.2) is 0 Å². The molecule has 2 aromatic rings. The van der Waals surface area contributed by atoms with Crippen LogP contribution in [0.15, 0.2) is 42.5 Å². The molecule has 2 amide bonds. The largest absolute Gasteiger partial charge is 0.379 e. The minimum Gasteiger partial charge on any atom is -0.379 e. The Labute approximate surface area is 189 Å². The van der Waals surface area contributed by atoms with E-state index in [9.17, 15) is 9.59 Å². The molecule has 170 valence electrons. The van der Waals surface area contributed by atoms with Gasteiger partial charge in [0.25, 0.3) is 0 Å². The van der Waals surface area contributed by atoms with Crippen molar-refractivity contribution in [3.63, 3.8) is 0 Å². The van der Waals surface area contributed by atoms with Crippen molar-refractivity contribution in [3.05, 3.63) is 59.2 Å². The minimum atomic E-state index is -0.637. The number of amides is 2. The standard InChI is InChI=1S/C25H32N4O3/c1-3-18-6-4-5-7-21(18)27-25(31)24(30)26-17-23(29-12-14-32-15-13-29)19-8-9-22-20(16-19)10-11-28(22)2/h4-9,16,23H,3,10-15,17H2,1-2H3,(H,26,30)(H,27,31)/t23-/m1/s1. The number of para-hydroxylation sites is 1. The number of morpholine rings is 1. The fraction of sp³-hybridized carbons (Fsp3) is 0.440. The van der Waals surface area contributed by atoms with Crippen LogP contribution in [0.4, 0.5) is 11.4 Å². The average Bonchev–Trinajstić information content (AvgIpc) is 3.20. The van der Waals surface area contributed by atoms with Gasteiger partial charge in [0, 0.05) is 44.6 Å². The number of carbonyl (C=O) groups excluding carboxylic acids is 2. The number of likely N-dealkylation sites (N-methyl/N-ethyl adjacent to an activating group) is 1. The van der Waals surface area contributed by atoms with Gasteiger partial charge in [0.05, 0.1) is 19.3 Å². The van der Waals surface area contributed by atoms with E-state index < -0.39 is 11.8 Å². The lowest BCUT2D eigenvalue weighted by Gasteiger charge is -2.35. The molecule has 0 aliphatic carbocycles. The number of fused-ring (bicyclic) bond motifs is 1. The van der Waals surface area contributed by atoms with Gasteiger partial charge >= 0.3 is 11.8 Å². The van der Waals surface area contributed by atoms with Crippen LogP contribution in [0.5, 0.6) is 0 Å². The molecule has 0 unspecified atom stereocenters. The predicted molar refractivity (Wildman–Crippen MR) is 126 cm³/mol. The Morgan fingerprint density at radius 3 is 2.62 bits per heavy atom. The van der Waals surface area contributed by atoms with Crippen molar-refractivity contribution in [2.75, 3.05) is 56.7 Å². The van der Waals surface area contributed by atoms with Crippen molar-refractivity contribution in [1.82, 2.24) is 10.2 Å². The Morgan fingerprint density at radius 2 is 1.84 bits per heavy atom. The second kappa shape index (κ2) is 10.1. The van der Waals surface area contributed by atoms with Crippen LogP contribution in [0.2, 0.25) is 0 Å². The maximum atomic E-state index is 12.6. The smallest absolute Gasteiger partial charge is 0.313 e. The summed E-state index contributed by atoms with van der Waals surface area (Å²) in [6, 6.07) is 14.1. The molecule has 0 spiro atoms. The van der Waals surface area contributed by atoms with Gasteiger partial charge in [-0.2, -0.15) is 0 Å². The third kappa shape index (κ3) is 4.95. The molecule has 1 atom stereocenters. The van der Waals surface area contributed by atoms with E-state index in [0.29, 0.717) is 25.4 Å². The number of hydrogen-bond donors (Lipinski definition) is 2. The zero-order valence-corrected chi connectivity index (χ0v) is 18.9. The maximum Gasteiger partial charge on any atom is 0.313 e. The van der Waals surface area contributed by atoms with Gasteiger partial charge in [-0.05, 0) is 41.7 Å². The van der Waals surface area contributed by atoms with E-state index in [1.54, 1.807) is 0 Å². The molecule has 0 saturated carbocycles. The lowest BCUT2D eigenvalue weighted by atomic mass is 10.0. The number of anilines is 2. The number of aryl methyl sites for hydroxylation is 1. The van der Waals surface area contributed by atoms with Crippen LogP contribution in [0.25, 0.3) is 0 Å². The molecule has 0 radical (unpaired) electrons. The van der Waals surface area contributed by atoms with Crippen molar-refractivity contribution in [1.29, 1.82) is 0 Å². The van der Waals surface area contributed by atoms with Crippen molar-refractivity contribution in [2.24, 2.45) is 0 Å². The topological polar surface area (TPSA) is 73.9 Å². The Balaban J connectivity index is 1.45. The quantitative estimate of drug-likeness (QED) is 0.680. The fourth-order valence-electron chi connectivity index (χ4n) is 4.54. The van der Waals surface area contributed by atoms with Crippen LogP contribution in [-0.2, 0) is 27.2 Å². The Hall–Kier alpha value is -2.90. The molecule has 2 heterocycles. The molecular weight excluding hydrogens is 404 g/mol.